The minimum Gasteiger partial charge on any atom is -0.496 e. The second kappa shape index (κ2) is 5.66. The number of methoxy groups -OCH3 is 1. The van der Waals surface area contributed by atoms with Crippen LogP contribution in [0.5, 0.6) is 5.75 Å². The van der Waals surface area contributed by atoms with Crippen LogP contribution in [0.15, 0.2) is 22.7 Å². The highest BCUT2D eigenvalue weighted by molar-refractivity contribution is 9.10. The Hall–Kier alpha value is -0.580. The van der Waals surface area contributed by atoms with E-state index in [1.165, 1.54) is 5.56 Å². The first kappa shape index (κ1) is 13.5. The lowest BCUT2D eigenvalue weighted by Crippen LogP contribution is -2.45. The van der Waals surface area contributed by atoms with Crippen LogP contribution in [-0.2, 0) is 6.54 Å². The molecule has 0 aliphatic heterocycles. The summed E-state index contributed by atoms with van der Waals surface area (Å²) in [6, 6.07) is 6.05. The van der Waals surface area contributed by atoms with E-state index in [1.54, 1.807) is 7.11 Å². The second-order valence-corrected chi connectivity index (χ2v) is 5.26. The van der Waals surface area contributed by atoms with Gasteiger partial charge in [0.05, 0.1) is 11.6 Å². The van der Waals surface area contributed by atoms with Crippen molar-refractivity contribution in [2.45, 2.75) is 25.9 Å². The molecule has 0 bridgehead atoms. The number of nitrogens with two attached hydrogens (primary N) is 1. The zero-order chi connectivity index (χ0) is 12.2. The molecule has 0 aliphatic rings. The lowest BCUT2D eigenvalue weighted by molar-refractivity contribution is 0.395. The number of rotatable bonds is 5. The molecule has 1 aromatic carbocycles. The second-order valence-electron chi connectivity index (χ2n) is 4.41. The topological polar surface area (TPSA) is 47.3 Å². The van der Waals surface area contributed by atoms with Crippen LogP contribution in [0.3, 0.4) is 0 Å². The molecule has 0 fully saturated rings. The highest BCUT2D eigenvalue weighted by Gasteiger charge is 2.14. The molecule has 0 spiro atoms. The molecule has 0 saturated carbocycles. The Morgan fingerprint density at radius 3 is 2.62 bits per heavy atom. The fourth-order valence-corrected chi connectivity index (χ4v) is 1.82. The molecule has 0 saturated heterocycles. The monoisotopic (exact) mass is 286 g/mol. The fourth-order valence-electron chi connectivity index (χ4n) is 1.23. The molecule has 3 nitrogen and oxygen atoms in total. The van der Waals surface area contributed by atoms with Crippen molar-refractivity contribution in [2.24, 2.45) is 5.73 Å². The molecule has 0 heterocycles. The first-order valence-electron chi connectivity index (χ1n) is 5.26. The Balaban J connectivity index is 2.65. The smallest absolute Gasteiger partial charge is 0.133 e. The van der Waals surface area contributed by atoms with Crippen LogP contribution >= 0.6 is 15.9 Å². The molecule has 0 aromatic heterocycles. The minimum atomic E-state index is -0.0353. The van der Waals surface area contributed by atoms with E-state index in [4.69, 9.17) is 10.5 Å². The predicted molar refractivity (Wildman–Crippen MR) is 70.7 cm³/mol. The molecule has 0 unspecified atom stereocenters. The third-order valence-electron chi connectivity index (χ3n) is 2.50. The molecular weight excluding hydrogens is 268 g/mol. The van der Waals surface area contributed by atoms with E-state index in [0.717, 1.165) is 16.8 Å². The third kappa shape index (κ3) is 3.77. The molecule has 3 N–H and O–H groups in total. The summed E-state index contributed by atoms with van der Waals surface area (Å²) in [5, 5.41) is 3.40. The van der Waals surface area contributed by atoms with E-state index in [9.17, 15) is 0 Å². The van der Waals surface area contributed by atoms with E-state index in [1.807, 2.05) is 12.1 Å². The van der Waals surface area contributed by atoms with Crippen molar-refractivity contribution in [1.29, 1.82) is 0 Å². The average molecular weight is 287 g/mol. The van der Waals surface area contributed by atoms with E-state index < -0.39 is 0 Å². The number of ether oxygens (including phenoxy) is 1. The van der Waals surface area contributed by atoms with Crippen molar-refractivity contribution in [1.82, 2.24) is 5.32 Å². The van der Waals surface area contributed by atoms with Crippen LogP contribution in [-0.4, -0.2) is 19.2 Å². The highest BCUT2D eigenvalue weighted by atomic mass is 79.9. The fraction of sp³-hybridized carbons (Fsp3) is 0.500. The van der Waals surface area contributed by atoms with Crippen LogP contribution in [0.2, 0.25) is 0 Å². The van der Waals surface area contributed by atoms with Crippen LogP contribution in [0.25, 0.3) is 0 Å². The number of hydrogen-bond donors (Lipinski definition) is 2. The van der Waals surface area contributed by atoms with Gasteiger partial charge < -0.3 is 15.8 Å². The van der Waals surface area contributed by atoms with Crippen molar-refractivity contribution in [3.8, 4) is 5.75 Å². The van der Waals surface area contributed by atoms with E-state index in [-0.39, 0.29) is 5.54 Å². The van der Waals surface area contributed by atoms with Crippen LogP contribution in [0.1, 0.15) is 19.4 Å². The maximum Gasteiger partial charge on any atom is 0.133 e. The van der Waals surface area contributed by atoms with Crippen LogP contribution in [0.4, 0.5) is 0 Å². The van der Waals surface area contributed by atoms with Crippen molar-refractivity contribution < 1.29 is 4.74 Å². The lowest BCUT2D eigenvalue weighted by Gasteiger charge is -2.24. The van der Waals surface area contributed by atoms with Gasteiger partial charge in [-0.1, -0.05) is 6.07 Å². The molecule has 0 amide bonds. The summed E-state index contributed by atoms with van der Waals surface area (Å²) in [6.45, 7) is 5.59. The van der Waals surface area contributed by atoms with Crippen molar-refractivity contribution in [3.63, 3.8) is 0 Å². The number of nitrogens with one attached hydrogen (secondary N) is 1. The zero-order valence-electron chi connectivity index (χ0n) is 10.0. The summed E-state index contributed by atoms with van der Waals surface area (Å²) < 4.78 is 6.15. The van der Waals surface area contributed by atoms with Crippen molar-refractivity contribution in [2.75, 3.05) is 13.7 Å². The maximum atomic E-state index is 5.65. The van der Waals surface area contributed by atoms with E-state index in [2.05, 4.69) is 41.2 Å². The molecule has 16 heavy (non-hydrogen) atoms. The largest absolute Gasteiger partial charge is 0.496 e. The lowest BCUT2D eigenvalue weighted by atomic mass is 10.1. The minimum absolute atomic E-state index is 0.0353. The van der Waals surface area contributed by atoms with Crippen LogP contribution < -0.4 is 15.8 Å². The van der Waals surface area contributed by atoms with Gasteiger partial charge in [0.25, 0.3) is 0 Å². The van der Waals surface area contributed by atoms with Gasteiger partial charge in [0, 0.05) is 18.6 Å². The summed E-state index contributed by atoms with van der Waals surface area (Å²) in [6.07, 6.45) is 0. The van der Waals surface area contributed by atoms with E-state index in [0.29, 0.717) is 6.54 Å². The van der Waals surface area contributed by atoms with Crippen LogP contribution in [0, 0.1) is 0 Å². The first-order valence-corrected chi connectivity index (χ1v) is 6.05. The van der Waals surface area contributed by atoms with E-state index >= 15 is 0 Å². The summed E-state index contributed by atoms with van der Waals surface area (Å²) >= 11 is 3.47. The van der Waals surface area contributed by atoms with Crippen molar-refractivity contribution in [3.05, 3.63) is 28.2 Å². The Labute approximate surface area is 105 Å². The number of halogens is 1. The molecule has 90 valence electrons. The zero-order valence-corrected chi connectivity index (χ0v) is 11.6. The summed E-state index contributed by atoms with van der Waals surface area (Å²) in [5.41, 5.74) is 6.82. The number of hydrogen-bond acceptors (Lipinski definition) is 3. The highest BCUT2D eigenvalue weighted by Crippen LogP contribution is 2.25. The Bertz CT molecular complexity index is 353. The quantitative estimate of drug-likeness (QED) is 0.873. The molecule has 4 heteroatoms. The van der Waals surface area contributed by atoms with Crippen molar-refractivity contribution >= 4 is 15.9 Å². The maximum absolute atomic E-state index is 5.65. The van der Waals surface area contributed by atoms with Gasteiger partial charge in [0.15, 0.2) is 0 Å². The van der Waals surface area contributed by atoms with Gasteiger partial charge in [-0.2, -0.15) is 0 Å². The molecule has 1 rings (SSSR count). The molecular formula is C12H19BrN2O. The molecule has 1 aromatic rings. The Morgan fingerprint density at radius 1 is 1.44 bits per heavy atom. The SMILES string of the molecule is COc1ccc(CNC(C)(C)CN)cc1Br. The molecule has 0 radical (unpaired) electrons. The van der Waals surface area contributed by atoms with Gasteiger partial charge in [-0.3, -0.25) is 0 Å². The Kier molecular flexibility index (Phi) is 4.77. The molecule has 0 atom stereocenters. The van der Waals surface area contributed by atoms with Gasteiger partial charge in [0.2, 0.25) is 0 Å². The number of benzene rings is 1. The summed E-state index contributed by atoms with van der Waals surface area (Å²) in [5.74, 6) is 0.849. The van der Waals surface area contributed by atoms with Gasteiger partial charge in [0.1, 0.15) is 5.75 Å². The summed E-state index contributed by atoms with van der Waals surface area (Å²) in [7, 11) is 1.66. The van der Waals surface area contributed by atoms with Gasteiger partial charge >= 0.3 is 0 Å². The third-order valence-corrected chi connectivity index (χ3v) is 3.12. The Morgan fingerprint density at radius 2 is 2.12 bits per heavy atom. The summed E-state index contributed by atoms with van der Waals surface area (Å²) in [4.78, 5) is 0. The molecule has 0 aliphatic carbocycles. The van der Waals surface area contributed by atoms with Gasteiger partial charge in [-0.15, -0.1) is 0 Å². The predicted octanol–water partition coefficient (Wildman–Crippen LogP) is 2.28. The van der Waals surface area contributed by atoms with Gasteiger partial charge in [-0.05, 0) is 47.5 Å². The standard InChI is InChI=1S/C12H19BrN2O/c1-12(2,8-14)15-7-9-4-5-11(16-3)10(13)6-9/h4-6,15H,7-8,14H2,1-3H3. The normalized spacial score (nSPS) is 11.6. The average Bonchev–Trinajstić information content (AvgIpc) is 2.27. The van der Waals surface area contributed by atoms with Gasteiger partial charge in [-0.25, -0.2) is 0 Å². The first-order chi connectivity index (χ1) is 7.48.